The van der Waals surface area contributed by atoms with Crippen LogP contribution in [0.2, 0.25) is 0 Å². The highest BCUT2D eigenvalue weighted by Gasteiger charge is 2.54. The summed E-state index contributed by atoms with van der Waals surface area (Å²) in [4.78, 5) is 10.9. The van der Waals surface area contributed by atoms with E-state index < -0.39 is 0 Å². The Labute approximate surface area is 126 Å². The van der Waals surface area contributed by atoms with Gasteiger partial charge in [0, 0.05) is 10.8 Å². The van der Waals surface area contributed by atoms with Crippen LogP contribution in [0.15, 0.2) is 30.3 Å². The minimum atomic E-state index is -0.144. The summed E-state index contributed by atoms with van der Waals surface area (Å²) >= 11 is 0. The summed E-state index contributed by atoms with van der Waals surface area (Å²) in [5.74, 6) is 2.40. The quantitative estimate of drug-likeness (QED) is 0.590. The monoisotopic (exact) mass is 287 g/mol. The molecule has 1 aromatic carbocycles. The maximum Gasteiger partial charge on any atom is 0.210 e. The first kappa shape index (κ1) is 14.6. The van der Waals surface area contributed by atoms with Gasteiger partial charge in [0.05, 0.1) is 0 Å². The molecule has 1 unspecified atom stereocenters. The van der Waals surface area contributed by atoms with Crippen LogP contribution in [0.1, 0.15) is 51.0 Å². The van der Waals surface area contributed by atoms with Crippen LogP contribution >= 0.6 is 0 Å². The number of benzene rings is 1. The molecule has 0 aliphatic heterocycles. The minimum Gasteiger partial charge on any atom is -0.265 e. The molecule has 0 spiro atoms. The van der Waals surface area contributed by atoms with Crippen molar-refractivity contribution in [3.63, 3.8) is 0 Å². The molecule has 21 heavy (non-hydrogen) atoms. The molecule has 0 heterocycles. The lowest BCUT2D eigenvalue weighted by molar-refractivity contribution is -0.484. The van der Waals surface area contributed by atoms with Crippen molar-refractivity contribution in [2.75, 3.05) is 6.54 Å². The zero-order valence-corrected chi connectivity index (χ0v) is 13.0. The maximum absolute atomic E-state index is 11.0. The molecule has 3 saturated carbocycles. The molecule has 0 amide bonds. The predicted octanol–water partition coefficient (Wildman–Crippen LogP) is 4.51. The second-order valence-electron chi connectivity index (χ2n) is 7.56. The van der Waals surface area contributed by atoms with E-state index in [0.29, 0.717) is 11.3 Å². The number of rotatable bonds is 5. The second kappa shape index (κ2) is 5.43. The third-order valence-electron chi connectivity index (χ3n) is 6.23. The molecule has 0 N–H and O–H groups in total. The Hall–Kier alpha value is -1.38. The molecule has 3 heteroatoms. The molecule has 4 rings (SSSR count). The smallest absolute Gasteiger partial charge is 0.210 e. The van der Waals surface area contributed by atoms with E-state index in [9.17, 15) is 10.1 Å². The third kappa shape index (κ3) is 2.70. The Morgan fingerprint density at radius 3 is 2.57 bits per heavy atom. The van der Waals surface area contributed by atoms with Crippen LogP contribution in [-0.4, -0.2) is 11.5 Å². The van der Waals surface area contributed by atoms with Crippen molar-refractivity contribution in [2.24, 2.45) is 23.2 Å². The van der Waals surface area contributed by atoms with Crippen molar-refractivity contribution in [3.05, 3.63) is 46.0 Å². The maximum atomic E-state index is 11.0. The van der Waals surface area contributed by atoms with E-state index in [2.05, 4.69) is 13.8 Å². The van der Waals surface area contributed by atoms with Gasteiger partial charge in [0.2, 0.25) is 6.54 Å². The molecule has 3 aliphatic carbocycles. The van der Waals surface area contributed by atoms with Crippen LogP contribution in [0.3, 0.4) is 0 Å². The average Bonchev–Trinajstić information content (AvgIpc) is 2.47. The van der Waals surface area contributed by atoms with Gasteiger partial charge in [-0.2, -0.15) is 0 Å². The largest absolute Gasteiger partial charge is 0.265 e. The lowest BCUT2D eigenvalue weighted by Gasteiger charge is -2.60. The predicted molar refractivity (Wildman–Crippen MR) is 83.8 cm³/mol. The fraction of sp³-hybridized carbons (Fsp3) is 0.667. The highest BCUT2D eigenvalue weighted by molar-refractivity contribution is 5.20. The molecule has 0 saturated heterocycles. The molecule has 3 fully saturated rings. The third-order valence-corrected chi connectivity index (χ3v) is 6.23. The van der Waals surface area contributed by atoms with Crippen LogP contribution in [-0.2, 0) is 0 Å². The van der Waals surface area contributed by atoms with Gasteiger partial charge in [0.15, 0.2) is 0 Å². The number of fused-ring (bicyclic) bond motifs is 2. The first-order valence-corrected chi connectivity index (χ1v) is 8.15. The van der Waals surface area contributed by atoms with Crippen molar-refractivity contribution >= 4 is 0 Å². The molecular weight excluding hydrogens is 262 g/mol. The van der Waals surface area contributed by atoms with Gasteiger partial charge < -0.3 is 0 Å². The van der Waals surface area contributed by atoms with Crippen LogP contribution in [0.25, 0.3) is 0 Å². The van der Waals surface area contributed by atoms with E-state index in [1.807, 2.05) is 30.3 Å². The fourth-order valence-electron chi connectivity index (χ4n) is 4.83. The van der Waals surface area contributed by atoms with Crippen molar-refractivity contribution < 1.29 is 4.92 Å². The lowest BCUT2D eigenvalue weighted by atomic mass is 9.45. The van der Waals surface area contributed by atoms with Gasteiger partial charge in [-0.3, -0.25) is 10.1 Å². The highest BCUT2D eigenvalue weighted by Crippen LogP contribution is 2.62. The molecular formula is C18H25NO2. The molecule has 2 bridgehead atoms. The Balaban J connectivity index is 1.74. The molecule has 3 aliphatic rings. The normalized spacial score (nSPS) is 31.2. The molecule has 4 atom stereocenters. The topological polar surface area (TPSA) is 43.1 Å². The number of nitro groups is 1. The van der Waals surface area contributed by atoms with Gasteiger partial charge >= 0.3 is 0 Å². The Bertz CT molecular complexity index is 509. The van der Waals surface area contributed by atoms with Gasteiger partial charge in [-0.15, -0.1) is 0 Å². The van der Waals surface area contributed by atoms with Gasteiger partial charge in [-0.1, -0.05) is 44.2 Å². The minimum absolute atomic E-state index is 0.0666. The summed E-state index contributed by atoms with van der Waals surface area (Å²) in [6, 6.07) is 10.1. The average molecular weight is 287 g/mol. The summed E-state index contributed by atoms with van der Waals surface area (Å²) in [6.45, 7) is 4.85. The molecule has 0 aromatic heterocycles. The Morgan fingerprint density at radius 1 is 1.29 bits per heavy atom. The number of nitrogens with zero attached hydrogens (tertiary/aromatic N) is 1. The van der Waals surface area contributed by atoms with Gasteiger partial charge in [0.25, 0.3) is 0 Å². The van der Waals surface area contributed by atoms with Crippen LogP contribution < -0.4 is 0 Å². The molecule has 114 valence electrons. The van der Waals surface area contributed by atoms with E-state index in [4.69, 9.17) is 0 Å². The number of hydrogen-bond donors (Lipinski definition) is 0. The van der Waals surface area contributed by atoms with Crippen molar-refractivity contribution in [3.8, 4) is 0 Å². The van der Waals surface area contributed by atoms with Crippen LogP contribution in [0.4, 0.5) is 0 Å². The first-order chi connectivity index (χ1) is 9.98. The summed E-state index contributed by atoms with van der Waals surface area (Å²) in [5, 5.41) is 11.0. The Kier molecular flexibility index (Phi) is 3.76. The van der Waals surface area contributed by atoms with Gasteiger partial charge in [-0.05, 0) is 54.4 Å². The summed E-state index contributed by atoms with van der Waals surface area (Å²) in [6.07, 6.45) is 4.90. The Morgan fingerprint density at radius 2 is 2.00 bits per heavy atom. The summed E-state index contributed by atoms with van der Waals surface area (Å²) < 4.78 is 0. The van der Waals surface area contributed by atoms with Crippen molar-refractivity contribution in [2.45, 2.75) is 45.4 Å². The highest BCUT2D eigenvalue weighted by atomic mass is 16.6. The van der Waals surface area contributed by atoms with Crippen molar-refractivity contribution in [1.29, 1.82) is 0 Å². The van der Waals surface area contributed by atoms with Gasteiger partial charge in [0.1, 0.15) is 0 Å². The van der Waals surface area contributed by atoms with E-state index >= 15 is 0 Å². The fourth-order valence-corrected chi connectivity index (χ4v) is 4.83. The first-order valence-electron chi connectivity index (χ1n) is 8.15. The molecule has 1 aromatic rings. The van der Waals surface area contributed by atoms with Crippen molar-refractivity contribution in [1.82, 2.24) is 0 Å². The van der Waals surface area contributed by atoms with E-state index in [0.717, 1.165) is 23.8 Å². The second-order valence-corrected chi connectivity index (χ2v) is 7.56. The number of hydrogen-bond acceptors (Lipinski definition) is 2. The SMILES string of the molecule is CC1(C)[C@H]2CC[C@H](CC(C[N+](=O)[O-])c3ccccc3)[C@@H]1C2. The van der Waals surface area contributed by atoms with E-state index in [1.165, 1.54) is 19.3 Å². The van der Waals surface area contributed by atoms with E-state index in [-0.39, 0.29) is 17.4 Å². The lowest BCUT2D eigenvalue weighted by Crippen LogP contribution is -2.52. The standard InChI is InChI=1S/C18H25NO2/c1-18(2)16-9-8-14(17(18)11-16)10-15(12-19(20)21)13-6-4-3-5-7-13/h3-7,14-17H,8-12H2,1-2H3/t14-,15?,16+,17+/m1/s1. The van der Waals surface area contributed by atoms with E-state index in [1.54, 1.807) is 0 Å². The van der Waals surface area contributed by atoms with Crippen LogP contribution in [0.5, 0.6) is 0 Å². The van der Waals surface area contributed by atoms with Crippen LogP contribution in [0, 0.1) is 33.3 Å². The zero-order chi connectivity index (χ0) is 15.0. The van der Waals surface area contributed by atoms with Gasteiger partial charge in [-0.25, -0.2) is 0 Å². The zero-order valence-electron chi connectivity index (χ0n) is 13.0. The molecule has 0 radical (unpaired) electrons. The summed E-state index contributed by atoms with van der Waals surface area (Å²) in [7, 11) is 0. The summed E-state index contributed by atoms with van der Waals surface area (Å²) in [5.41, 5.74) is 1.59. The molecule has 3 nitrogen and oxygen atoms in total.